The Morgan fingerprint density at radius 3 is 2.59 bits per heavy atom. The van der Waals surface area contributed by atoms with Gasteiger partial charge in [0.25, 0.3) is 0 Å². The lowest BCUT2D eigenvalue weighted by Gasteiger charge is -2.28. The van der Waals surface area contributed by atoms with Gasteiger partial charge in [-0.2, -0.15) is 0 Å². The molecule has 7 nitrogen and oxygen atoms in total. The largest absolute Gasteiger partial charge is 0.478 e. The highest BCUT2D eigenvalue weighted by Crippen LogP contribution is 2.28. The van der Waals surface area contributed by atoms with Crippen LogP contribution in [-0.4, -0.2) is 29.1 Å². The summed E-state index contributed by atoms with van der Waals surface area (Å²) in [5, 5.41) is 9.89. The second kappa shape index (κ2) is 6.77. The van der Waals surface area contributed by atoms with E-state index in [9.17, 15) is 9.59 Å². The van der Waals surface area contributed by atoms with Gasteiger partial charge in [0.15, 0.2) is 5.58 Å². The van der Waals surface area contributed by atoms with E-state index in [2.05, 4.69) is 9.88 Å². The fourth-order valence-corrected chi connectivity index (χ4v) is 3.77. The van der Waals surface area contributed by atoms with Gasteiger partial charge in [0, 0.05) is 30.2 Å². The third kappa shape index (κ3) is 3.14. The average Bonchev–Trinajstić information content (AvgIpc) is 3.16. The number of carboxylic acid groups (broad SMARTS) is 1. The molecule has 146 valence electrons. The Bertz CT molecular complexity index is 1300. The van der Waals surface area contributed by atoms with Crippen LogP contribution in [0, 0.1) is 0 Å². The Morgan fingerprint density at radius 2 is 1.79 bits per heavy atom. The van der Waals surface area contributed by atoms with Crippen LogP contribution in [0.1, 0.15) is 29.6 Å². The number of hydrogen-bond donors (Lipinski definition) is 1. The van der Waals surface area contributed by atoms with Crippen molar-refractivity contribution in [2.45, 2.75) is 19.3 Å². The first-order valence-corrected chi connectivity index (χ1v) is 9.56. The quantitative estimate of drug-likeness (QED) is 0.521. The molecular formula is C22H18N2O5. The topological polar surface area (TPSA) is 96.8 Å². The van der Waals surface area contributed by atoms with Crippen LogP contribution in [0.15, 0.2) is 56.1 Å². The van der Waals surface area contributed by atoms with Crippen molar-refractivity contribution in [1.82, 2.24) is 4.98 Å². The van der Waals surface area contributed by atoms with E-state index in [0.717, 1.165) is 24.2 Å². The molecule has 7 heteroatoms. The molecule has 2 aromatic heterocycles. The third-order valence-corrected chi connectivity index (χ3v) is 5.31. The van der Waals surface area contributed by atoms with E-state index in [-0.39, 0.29) is 17.0 Å². The molecule has 3 heterocycles. The first kappa shape index (κ1) is 17.5. The number of rotatable bonds is 3. The summed E-state index contributed by atoms with van der Waals surface area (Å²) in [6.45, 7) is 2.02. The summed E-state index contributed by atoms with van der Waals surface area (Å²) in [5.41, 5.74) is 2.12. The predicted octanol–water partition coefficient (Wildman–Crippen LogP) is 4.29. The number of fused-ring (bicyclic) bond motifs is 2. The van der Waals surface area contributed by atoms with Crippen LogP contribution in [0.2, 0.25) is 0 Å². The SMILES string of the molecule is O=C(O)c1ccc2oc(-c3cc4ccc(N5CCCCC5)cc4oc3=O)nc2c1. The van der Waals surface area contributed by atoms with Crippen molar-refractivity contribution >= 4 is 33.7 Å². The standard InChI is InChI=1S/C22H18N2O5/c25-21(26)14-5-7-18-17(11-14)23-20(28-18)16-10-13-4-6-15(12-19(13)29-22(16)27)24-8-2-1-3-9-24/h4-7,10-12H,1-3,8-9H2,(H,25,26). The average molecular weight is 390 g/mol. The third-order valence-electron chi connectivity index (χ3n) is 5.31. The summed E-state index contributed by atoms with van der Waals surface area (Å²) < 4.78 is 11.2. The Morgan fingerprint density at radius 1 is 0.966 bits per heavy atom. The monoisotopic (exact) mass is 390 g/mol. The number of hydrogen-bond acceptors (Lipinski definition) is 6. The van der Waals surface area contributed by atoms with Gasteiger partial charge < -0.3 is 18.8 Å². The number of anilines is 1. The van der Waals surface area contributed by atoms with Gasteiger partial charge in [0.1, 0.15) is 16.7 Å². The van der Waals surface area contributed by atoms with Crippen LogP contribution < -0.4 is 10.5 Å². The van der Waals surface area contributed by atoms with Crippen molar-refractivity contribution in [2.75, 3.05) is 18.0 Å². The molecule has 0 spiro atoms. The van der Waals surface area contributed by atoms with E-state index in [4.69, 9.17) is 13.9 Å². The molecule has 2 aromatic carbocycles. The number of aromatic carboxylic acids is 1. The van der Waals surface area contributed by atoms with E-state index >= 15 is 0 Å². The predicted molar refractivity (Wildman–Crippen MR) is 109 cm³/mol. The Kier molecular flexibility index (Phi) is 4.08. The lowest BCUT2D eigenvalue weighted by Crippen LogP contribution is -2.29. The van der Waals surface area contributed by atoms with Crippen LogP contribution >= 0.6 is 0 Å². The minimum Gasteiger partial charge on any atom is -0.478 e. The normalized spacial score (nSPS) is 14.6. The van der Waals surface area contributed by atoms with Gasteiger partial charge in [0.05, 0.1) is 5.56 Å². The summed E-state index contributed by atoms with van der Waals surface area (Å²) in [6, 6.07) is 11.9. The molecule has 0 amide bonds. The zero-order valence-corrected chi connectivity index (χ0v) is 15.6. The first-order valence-electron chi connectivity index (χ1n) is 9.56. The van der Waals surface area contributed by atoms with Crippen LogP contribution in [0.25, 0.3) is 33.5 Å². The molecule has 1 aliphatic heterocycles. The summed E-state index contributed by atoms with van der Waals surface area (Å²) in [7, 11) is 0. The molecule has 1 saturated heterocycles. The smallest absolute Gasteiger partial charge is 0.349 e. The minimum atomic E-state index is -1.05. The highest BCUT2D eigenvalue weighted by Gasteiger charge is 2.17. The molecule has 0 bridgehead atoms. The van der Waals surface area contributed by atoms with Crippen molar-refractivity contribution in [3.63, 3.8) is 0 Å². The zero-order chi connectivity index (χ0) is 20.0. The van der Waals surface area contributed by atoms with Gasteiger partial charge in [-0.1, -0.05) is 0 Å². The molecule has 0 saturated carbocycles. The van der Waals surface area contributed by atoms with E-state index in [1.54, 1.807) is 6.07 Å². The number of carboxylic acids is 1. The molecule has 1 aliphatic rings. The van der Waals surface area contributed by atoms with Gasteiger partial charge in [-0.15, -0.1) is 0 Å². The molecule has 0 unspecified atom stereocenters. The Labute approximate surface area is 165 Å². The van der Waals surface area contributed by atoms with Crippen LogP contribution in [0.3, 0.4) is 0 Å². The van der Waals surface area contributed by atoms with Gasteiger partial charge in [-0.05, 0) is 55.7 Å². The molecule has 1 fully saturated rings. The number of oxazole rings is 1. The van der Waals surface area contributed by atoms with Gasteiger partial charge in [-0.25, -0.2) is 14.6 Å². The van der Waals surface area contributed by atoms with E-state index < -0.39 is 11.6 Å². The van der Waals surface area contributed by atoms with Crippen molar-refractivity contribution in [1.29, 1.82) is 0 Å². The maximum Gasteiger partial charge on any atom is 0.349 e. The Balaban J connectivity index is 1.56. The number of piperidine rings is 1. The van der Waals surface area contributed by atoms with Gasteiger partial charge in [0.2, 0.25) is 5.89 Å². The van der Waals surface area contributed by atoms with E-state index in [1.165, 1.54) is 37.5 Å². The van der Waals surface area contributed by atoms with Gasteiger partial charge >= 0.3 is 11.6 Å². The molecule has 29 heavy (non-hydrogen) atoms. The van der Waals surface area contributed by atoms with Crippen molar-refractivity contribution in [3.8, 4) is 11.5 Å². The fourth-order valence-electron chi connectivity index (χ4n) is 3.77. The molecule has 4 aromatic rings. The number of nitrogens with zero attached hydrogens (tertiary/aromatic N) is 2. The molecule has 0 atom stereocenters. The maximum absolute atomic E-state index is 12.6. The molecule has 5 rings (SSSR count). The maximum atomic E-state index is 12.6. The second-order valence-electron chi connectivity index (χ2n) is 7.22. The molecule has 0 aliphatic carbocycles. The molecule has 1 N–H and O–H groups in total. The highest BCUT2D eigenvalue weighted by atomic mass is 16.4. The zero-order valence-electron chi connectivity index (χ0n) is 15.6. The molecular weight excluding hydrogens is 372 g/mol. The van der Waals surface area contributed by atoms with E-state index in [0.29, 0.717) is 16.7 Å². The number of carbonyl (C=O) groups is 1. The summed E-state index contributed by atoms with van der Waals surface area (Å²) in [5.74, 6) is -0.940. The summed E-state index contributed by atoms with van der Waals surface area (Å²) >= 11 is 0. The van der Waals surface area contributed by atoms with E-state index in [1.807, 2.05) is 18.2 Å². The highest BCUT2D eigenvalue weighted by molar-refractivity contribution is 5.92. The van der Waals surface area contributed by atoms with Crippen molar-refractivity contribution in [3.05, 3.63) is 58.4 Å². The van der Waals surface area contributed by atoms with Crippen molar-refractivity contribution < 1.29 is 18.7 Å². The van der Waals surface area contributed by atoms with Crippen LogP contribution in [0.5, 0.6) is 0 Å². The van der Waals surface area contributed by atoms with Gasteiger partial charge in [-0.3, -0.25) is 0 Å². The number of aromatic nitrogens is 1. The minimum absolute atomic E-state index is 0.105. The lowest BCUT2D eigenvalue weighted by atomic mass is 10.1. The second-order valence-corrected chi connectivity index (χ2v) is 7.22. The lowest BCUT2D eigenvalue weighted by molar-refractivity contribution is 0.0697. The summed E-state index contributed by atoms with van der Waals surface area (Å²) in [6.07, 6.45) is 3.59. The van der Waals surface area contributed by atoms with Crippen LogP contribution in [-0.2, 0) is 0 Å². The first-order chi connectivity index (χ1) is 14.1. The molecule has 0 radical (unpaired) electrons. The fraction of sp³-hybridized carbons (Fsp3) is 0.227. The number of benzene rings is 2. The van der Waals surface area contributed by atoms with Crippen LogP contribution in [0.4, 0.5) is 5.69 Å². The summed E-state index contributed by atoms with van der Waals surface area (Å²) in [4.78, 5) is 30.3. The Hall–Kier alpha value is -3.61. The van der Waals surface area contributed by atoms with Crippen molar-refractivity contribution in [2.24, 2.45) is 0 Å².